The highest BCUT2D eigenvalue weighted by molar-refractivity contribution is 7.90. The lowest BCUT2D eigenvalue weighted by atomic mass is 10.1. The number of urea groups is 1. The van der Waals surface area contributed by atoms with Gasteiger partial charge in [-0.15, -0.1) is 0 Å². The lowest BCUT2D eigenvalue weighted by molar-refractivity contribution is -0.121. The molecule has 1 aliphatic rings. The highest BCUT2D eigenvalue weighted by Gasteiger charge is 2.38. The molecule has 2 aromatic rings. The Morgan fingerprint density at radius 2 is 2.17 bits per heavy atom. The van der Waals surface area contributed by atoms with Crippen molar-refractivity contribution in [3.63, 3.8) is 0 Å². The summed E-state index contributed by atoms with van der Waals surface area (Å²) in [5.74, 6) is -1.54. The summed E-state index contributed by atoms with van der Waals surface area (Å²) >= 11 is 0. The van der Waals surface area contributed by atoms with Crippen molar-refractivity contribution in [2.75, 3.05) is 11.9 Å². The van der Waals surface area contributed by atoms with Gasteiger partial charge in [0.2, 0.25) is 5.91 Å². The second-order valence-electron chi connectivity index (χ2n) is 6.41. The molecule has 0 saturated heterocycles. The van der Waals surface area contributed by atoms with Gasteiger partial charge in [-0.3, -0.25) is 9.78 Å². The molecule has 0 bridgehead atoms. The van der Waals surface area contributed by atoms with Gasteiger partial charge in [0.15, 0.2) is 0 Å². The molecule has 1 aromatic carbocycles. The first-order chi connectivity index (χ1) is 13.6. The number of aromatic nitrogens is 1. The van der Waals surface area contributed by atoms with Crippen LogP contribution in [0.3, 0.4) is 0 Å². The van der Waals surface area contributed by atoms with Crippen LogP contribution in [0.15, 0.2) is 35.4 Å². The predicted molar refractivity (Wildman–Crippen MR) is 104 cm³/mol. The Morgan fingerprint density at radius 1 is 1.45 bits per heavy atom. The third kappa shape index (κ3) is 3.88. The topological polar surface area (TPSA) is 132 Å². The van der Waals surface area contributed by atoms with Crippen molar-refractivity contribution in [1.29, 1.82) is 5.26 Å². The lowest BCUT2D eigenvalue weighted by Gasteiger charge is -2.28. The quantitative estimate of drug-likeness (QED) is 0.778. The minimum Gasteiger partial charge on any atom is -0.346 e. The summed E-state index contributed by atoms with van der Waals surface area (Å²) in [5.41, 5.74) is 1.48. The number of halogens is 1. The number of fused-ring (bicyclic) bond motifs is 1. The Bertz CT molecular complexity index is 1170. The number of hydrogen-bond donors (Lipinski definition) is 2. The largest absolute Gasteiger partial charge is 0.346 e. The normalized spacial score (nSPS) is 15.7. The predicted octanol–water partition coefficient (Wildman–Crippen LogP) is 2.31. The van der Waals surface area contributed by atoms with E-state index in [1.54, 1.807) is 19.9 Å². The van der Waals surface area contributed by atoms with Gasteiger partial charge in [0, 0.05) is 9.05 Å². The fourth-order valence-electron chi connectivity index (χ4n) is 2.96. The number of pyridine rings is 1. The molecule has 2 N–H and O–H groups in total. The van der Waals surface area contributed by atoms with E-state index in [-0.39, 0.29) is 8.54 Å². The van der Waals surface area contributed by atoms with Crippen molar-refractivity contribution in [2.45, 2.75) is 24.8 Å². The van der Waals surface area contributed by atoms with Gasteiger partial charge in [-0.05, 0) is 43.7 Å². The number of carbonyl (C=O) groups excluding carboxylic acids is 2. The third-order valence-corrected chi connectivity index (χ3v) is 6.07. The van der Waals surface area contributed by atoms with E-state index in [4.69, 9.17) is 5.26 Å². The van der Waals surface area contributed by atoms with Gasteiger partial charge in [-0.1, -0.05) is 0 Å². The standard InChI is InChI=1S/C18H16FN5O4S.2H2/c1-10-5-12(7-20)8-21-17(10)11(2)22-16(25)9-24-18(26)23-14-4-3-13(19)6-15(14)29(24,27)28;;/h3-6,8,11H,9H2,1-2H3,(H,22,25)(H,23,26);2*1H/t11-;;/m0../s1. The van der Waals surface area contributed by atoms with Crippen LogP contribution in [-0.2, 0) is 14.8 Å². The van der Waals surface area contributed by atoms with Crippen molar-refractivity contribution in [1.82, 2.24) is 14.6 Å². The minimum atomic E-state index is -4.40. The molecule has 3 rings (SSSR count). The van der Waals surface area contributed by atoms with Crippen LogP contribution < -0.4 is 10.6 Å². The molecule has 1 aromatic heterocycles. The molecule has 9 nitrogen and oxygen atoms in total. The van der Waals surface area contributed by atoms with Crippen molar-refractivity contribution in [3.05, 3.63) is 53.1 Å². The van der Waals surface area contributed by atoms with Gasteiger partial charge in [-0.2, -0.15) is 5.26 Å². The summed E-state index contributed by atoms with van der Waals surface area (Å²) in [4.78, 5) is 28.3. The van der Waals surface area contributed by atoms with E-state index < -0.39 is 45.3 Å². The molecule has 0 aliphatic carbocycles. The summed E-state index contributed by atoms with van der Waals surface area (Å²) in [6.07, 6.45) is 1.36. The summed E-state index contributed by atoms with van der Waals surface area (Å²) in [6, 6.07) is 4.89. The average Bonchev–Trinajstić information content (AvgIpc) is 2.65. The second-order valence-corrected chi connectivity index (χ2v) is 8.24. The zero-order valence-corrected chi connectivity index (χ0v) is 16.2. The molecular formula is C18H20FN5O4S. The summed E-state index contributed by atoms with van der Waals surface area (Å²) in [6.45, 7) is 2.57. The van der Waals surface area contributed by atoms with Crippen molar-refractivity contribution in [3.8, 4) is 6.07 Å². The Balaban J connectivity index is 0.00000240. The molecule has 0 spiro atoms. The first-order valence-electron chi connectivity index (χ1n) is 8.42. The summed E-state index contributed by atoms with van der Waals surface area (Å²) < 4.78 is 39.1. The minimum absolute atomic E-state index is 0. The summed E-state index contributed by atoms with van der Waals surface area (Å²) in [5, 5.41) is 13.8. The molecule has 0 unspecified atom stereocenters. The number of nitriles is 1. The van der Waals surface area contributed by atoms with Gasteiger partial charge in [0.25, 0.3) is 10.0 Å². The smallest absolute Gasteiger partial charge is 0.336 e. The maximum Gasteiger partial charge on any atom is 0.336 e. The number of amides is 3. The fraction of sp³-hybridized carbons (Fsp3) is 0.222. The number of anilines is 1. The van der Waals surface area contributed by atoms with Crippen LogP contribution in [0, 0.1) is 24.1 Å². The molecule has 0 radical (unpaired) electrons. The summed E-state index contributed by atoms with van der Waals surface area (Å²) in [7, 11) is -4.40. The van der Waals surface area contributed by atoms with Crippen LogP contribution in [-0.4, -0.2) is 36.2 Å². The van der Waals surface area contributed by atoms with E-state index in [1.165, 1.54) is 6.20 Å². The molecule has 0 saturated carbocycles. The van der Waals surface area contributed by atoms with Crippen LogP contribution in [0.25, 0.3) is 0 Å². The molecule has 11 heteroatoms. The van der Waals surface area contributed by atoms with Crippen LogP contribution in [0.5, 0.6) is 0 Å². The first-order valence-corrected chi connectivity index (χ1v) is 9.86. The monoisotopic (exact) mass is 421 g/mol. The van der Waals surface area contributed by atoms with Gasteiger partial charge in [-0.25, -0.2) is 21.9 Å². The number of nitrogens with one attached hydrogen (secondary N) is 2. The molecular weight excluding hydrogens is 401 g/mol. The number of carbonyl (C=O) groups is 2. The van der Waals surface area contributed by atoms with Crippen molar-refractivity contribution < 1.29 is 25.3 Å². The molecule has 1 aliphatic heterocycles. The van der Waals surface area contributed by atoms with Crippen molar-refractivity contribution >= 4 is 27.6 Å². The van der Waals surface area contributed by atoms with Crippen LogP contribution in [0.4, 0.5) is 14.9 Å². The van der Waals surface area contributed by atoms with E-state index >= 15 is 0 Å². The SMILES string of the molecule is Cc1cc(C#N)cnc1[C@H](C)NC(=O)CN1C(=O)Nc2ccc(F)cc2S1(=O)=O.[HH].[HH]. The lowest BCUT2D eigenvalue weighted by Crippen LogP contribution is -2.49. The van der Waals surface area contributed by atoms with E-state index in [0.29, 0.717) is 21.1 Å². The molecule has 29 heavy (non-hydrogen) atoms. The van der Waals surface area contributed by atoms with Crippen LogP contribution >= 0.6 is 0 Å². The van der Waals surface area contributed by atoms with Crippen LogP contribution in [0.1, 0.15) is 32.6 Å². The van der Waals surface area contributed by atoms with E-state index in [2.05, 4.69) is 15.6 Å². The Hall–Kier alpha value is -3.52. The molecule has 3 amide bonds. The number of benzene rings is 1. The highest BCUT2D eigenvalue weighted by atomic mass is 32.2. The van der Waals surface area contributed by atoms with E-state index in [0.717, 1.165) is 18.2 Å². The third-order valence-electron chi connectivity index (χ3n) is 4.30. The molecule has 0 fully saturated rings. The molecule has 1 atom stereocenters. The zero-order chi connectivity index (χ0) is 21.3. The Labute approximate surface area is 169 Å². The molecule has 154 valence electrons. The molecule has 2 heterocycles. The van der Waals surface area contributed by atoms with Gasteiger partial charge >= 0.3 is 6.03 Å². The maximum absolute atomic E-state index is 13.5. The maximum atomic E-state index is 13.5. The van der Waals surface area contributed by atoms with E-state index in [9.17, 15) is 22.4 Å². The van der Waals surface area contributed by atoms with Gasteiger partial charge in [0.05, 0.1) is 23.0 Å². The van der Waals surface area contributed by atoms with Gasteiger partial charge in [0.1, 0.15) is 23.3 Å². The average molecular weight is 421 g/mol. The zero-order valence-electron chi connectivity index (χ0n) is 15.4. The fourth-order valence-corrected chi connectivity index (χ4v) is 4.41. The second kappa shape index (κ2) is 7.48. The Kier molecular flexibility index (Phi) is 5.21. The van der Waals surface area contributed by atoms with Crippen molar-refractivity contribution in [2.24, 2.45) is 0 Å². The van der Waals surface area contributed by atoms with E-state index in [1.807, 2.05) is 6.07 Å². The highest BCUT2D eigenvalue weighted by Crippen LogP contribution is 2.30. The number of rotatable bonds is 4. The number of aryl methyl sites for hydroxylation is 1. The van der Waals surface area contributed by atoms with Crippen LogP contribution in [0.2, 0.25) is 0 Å². The number of sulfonamides is 1. The number of hydrogen-bond acceptors (Lipinski definition) is 6. The van der Waals surface area contributed by atoms with Gasteiger partial charge < -0.3 is 10.6 Å². The number of nitrogens with zero attached hydrogens (tertiary/aromatic N) is 3. The Morgan fingerprint density at radius 3 is 2.83 bits per heavy atom. The first kappa shape index (κ1) is 20.2.